The van der Waals surface area contributed by atoms with Gasteiger partial charge in [0.05, 0.1) is 10.6 Å². The highest BCUT2D eigenvalue weighted by Gasteiger charge is 2.16. The maximum atomic E-state index is 12.1. The number of nitrogens with one attached hydrogen (secondary N) is 1. The Kier molecular flexibility index (Phi) is 5.06. The van der Waals surface area contributed by atoms with Crippen molar-refractivity contribution in [2.45, 2.75) is 0 Å². The summed E-state index contributed by atoms with van der Waals surface area (Å²) in [5, 5.41) is 1.11. The van der Waals surface area contributed by atoms with Crippen molar-refractivity contribution >= 4 is 58.1 Å². The number of pyridine rings is 1. The summed E-state index contributed by atoms with van der Waals surface area (Å²) >= 11 is 23.4. The zero-order valence-corrected chi connectivity index (χ0v) is 13.4. The van der Waals surface area contributed by atoms with Crippen LogP contribution in [0.2, 0.25) is 20.2 Å². The molecule has 2 aromatic rings. The van der Waals surface area contributed by atoms with Gasteiger partial charge in [-0.1, -0.05) is 46.4 Å². The van der Waals surface area contributed by atoms with Gasteiger partial charge in [0.1, 0.15) is 10.7 Å². The number of halogens is 4. The highest BCUT2D eigenvalue weighted by atomic mass is 35.5. The Morgan fingerprint density at radius 1 is 1.00 bits per heavy atom. The molecule has 0 fully saturated rings. The van der Waals surface area contributed by atoms with E-state index in [2.05, 4.69) is 9.98 Å². The lowest BCUT2D eigenvalue weighted by Gasteiger charge is -2.00. The van der Waals surface area contributed by atoms with Crippen molar-refractivity contribution in [1.82, 2.24) is 4.98 Å². The molecule has 0 unspecified atom stereocenters. The molecule has 0 saturated carbocycles. The van der Waals surface area contributed by atoms with Crippen LogP contribution < -0.4 is 10.7 Å². The van der Waals surface area contributed by atoms with Crippen molar-refractivity contribution in [2.24, 2.45) is 5.73 Å². The predicted molar refractivity (Wildman–Crippen MR) is 84.3 cm³/mol. The van der Waals surface area contributed by atoms with Crippen LogP contribution in [-0.2, 0) is 0 Å². The van der Waals surface area contributed by atoms with E-state index in [9.17, 15) is 4.79 Å². The van der Waals surface area contributed by atoms with E-state index in [1.54, 1.807) is 18.2 Å². The second-order valence-electron chi connectivity index (χ2n) is 4.02. The molecule has 1 amide bonds. The van der Waals surface area contributed by atoms with E-state index in [0.29, 0.717) is 15.6 Å². The van der Waals surface area contributed by atoms with Crippen LogP contribution in [0.25, 0.3) is 0 Å². The fourth-order valence-corrected chi connectivity index (χ4v) is 2.43. The number of amides is 1. The SMILES string of the molecule is NC(=[NH+]C(=O)c1cc(Cl)cnc1Cl)c1cc(Cl)cc(Cl)c1. The second-order valence-corrected chi connectivity index (χ2v) is 5.69. The average molecular weight is 364 g/mol. The van der Waals surface area contributed by atoms with Crippen molar-refractivity contribution < 1.29 is 9.79 Å². The quantitative estimate of drug-likeness (QED) is 0.488. The number of carbonyl (C=O) groups is 1. The fourth-order valence-electron chi connectivity index (χ4n) is 1.55. The summed E-state index contributed by atoms with van der Waals surface area (Å²) < 4.78 is 0. The molecule has 1 aromatic carbocycles. The average Bonchev–Trinajstić information content (AvgIpc) is 2.40. The molecule has 0 atom stereocenters. The lowest BCUT2D eigenvalue weighted by molar-refractivity contribution is -0.345. The topological polar surface area (TPSA) is 70.0 Å². The Balaban J connectivity index is 2.38. The summed E-state index contributed by atoms with van der Waals surface area (Å²) in [4.78, 5) is 18.4. The number of nitrogens with two attached hydrogens (primary N) is 1. The maximum absolute atomic E-state index is 12.1. The third kappa shape index (κ3) is 4.08. The number of amidine groups is 1. The molecule has 0 aliphatic rings. The van der Waals surface area contributed by atoms with Crippen LogP contribution in [-0.4, -0.2) is 16.7 Å². The third-order valence-electron chi connectivity index (χ3n) is 2.47. The Morgan fingerprint density at radius 2 is 1.62 bits per heavy atom. The molecule has 108 valence electrons. The molecule has 0 saturated heterocycles. The number of nitrogen functional groups attached to an aromatic ring is 1. The Bertz CT molecular complexity index is 726. The van der Waals surface area contributed by atoms with E-state index in [4.69, 9.17) is 52.1 Å². The maximum Gasteiger partial charge on any atom is 0.342 e. The van der Waals surface area contributed by atoms with E-state index >= 15 is 0 Å². The van der Waals surface area contributed by atoms with Gasteiger partial charge in [0, 0.05) is 16.2 Å². The van der Waals surface area contributed by atoms with Gasteiger partial charge in [-0.2, -0.15) is 0 Å². The minimum absolute atomic E-state index is 0.0221. The van der Waals surface area contributed by atoms with Crippen LogP contribution in [0.5, 0.6) is 0 Å². The molecule has 1 aromatic heterocycles. The second kappa shape index (κ2) is 6.62. The van der Waals surface area contributed by atoms with Crippen molar-refractivity contribution in [3.8, 4) is 0 Å². The first-order chi connectivity index (χ1) is 9.86. The van der Waals surface area contributed by atoms with E-state index in [-0.39, 0.29) is 21.6 Å². The van der Waals surface area contributed by atoms with Gasteiger partial charge in [-0.3, -0.25) is 5.73 Å². The van der Waals surface area contributed by atoms with Gasteiger partial charge >= 0.3 is 5.91 Å². The van der Waals surface area contributed by atoms with Crippen molar-refractivity contribution in [2.75, 3.05) is 0 Å². The number of benzene rings is 1. The largest absolute Gasteiger partial charge is 0.342 e. The highest BCUT2D eigenvalue weighted by molar-refractivity contribution is 6.35. The molecule has 0 bridgehead atoms. The van der Waals surface area contributed by atoms with Crippen LogP contribution in [0.1, 0.15) is 15.9 Å². The van der Waals surface area contributed by atoms with Gasteiger partial charge in [-0.15, -0.1) is 0 Å². The van der Waals surface area contributed by atoms with Crippen LogP contribution >= 0.6 is 46.4 Å². The van der Waals surface area contributed by atoms with Gasteiger partial charge in [0.15, 0.2) is 0 Å². The van der Waals surface area contributed by atoms with Crippen LogP contribution in [0.3, 0.4) is 0 Å². The first-order valence-electron chi connectivity index (χ1n) is 5.58. The summed E-state index contributed by atoms with van der Waals surface area (Å²) in [6, 6.07) is 6.09. The number of rotatable bonds is 2. The van der Waals surface area contributed by atoms with Crippen LogP contribution in [0.15, 0.2) is 30.5 Å². The fraction of sp³-hybridized carbons (Fsp3) is 0. The van der Waals surface area contributed by atoms with E-state index in [1.807, 2.05) is 0 Å². The number of carbonyl (C=O) groups excluding carboxylic acids is 1. The molecular weight excluding hydrogens is 356 g/mol. The third-order valence-corrected chi connectivity index (χ3v) is 3.42. The van der Waals surface area contributed by atoms with Gasteiger partial charge in [-0.25, -0.2) is 14.8 Å². The summed E-state index contributed by atoms with van der Waals surface area (Å²) in [7, 11) is 0. The predicted octanol–water partition coefficient (Wildman–Crippen LogP) is 2.32. The smallest absolute Gasteiger partial charge is 0.286 e. The summed E-state index contributed by atoms with van der Waals surface area (Å²) in [5.74, 6) is -0.455. The zero-order chi connectivity index (χ0) is 15.6. The van der Waals surface area contributed by atoms with E-state index in [0.717, 1.165) is 0 Å². The van der Waals surface area contributed by atoms with Gasteiger partial charge in [0.25, 0.3) is 5.84 Å². The zero-order valence-electron chi connectivity index (χ0n) is 10.3. The molecule has 21 heavy (non-hydrogen) atoms. The van der Waals surface area contributed by atoms with Gasteiger partial charge in [0.2, 0.25) is 0 Å². The van der Waals surface area contributed by atoms with Crippen molar-refractivity contribution in [3.05, 3.63) is 61.8 Å². The monoisotopic (exact) mass is 362 g/mol. The highest BCUT2D eigenvalue weighted by Crippen LogP contribution is 2.18. The van der Waals surface area contributed by atoms with Gasteiger partial charge < -0.3 is 0 Å². The number of aromatic nitrogens is 1. The first kappa shape index (κ1) is 16.0. The summed E-state index contributed by atoms with van der Waals surface area (Å²) in [6.45, 7) is 0. The standard InChI is InChI=1S/C13H7Cl4N3O/c14-7-1-6(2-8(15)3-7)12(18)20-13(21)10-4-9(16)5-19-11(10)17/h1-5H,(H2,18,20,21)/p+1. The normalized spacial score (nSPS) is 11.5. The van der Waals surface area contributed by atoms with E-state index in [1.165, 1.54) is 12.3 Å². The Labute approximate surface area is 140 Å². The molecule has 0 spiro atoms. The van der Waals surface area contributed by atoms with Crippen molar-refractivity contribution in [1.29, 1.82) is 0 Å². The van der Waals surface area contributed by atoms with E-state index < -0.39 is 5.91 Å². The van der Waals surface area contributed by atoms with Crippen LogP contribution in [0.4, 0.5) is 0 Å². The number of hydrogen-bond donors (Lipinski definition) is 2. The minimum atomic E-state index is -0.538. The molecule has 1 heterocycles. The molecule has 3 N–H and O–H groups in total. The molecule has 4 nitrogen and oxygen atoms in total. The lowest BCUT2D eigenvalue weighted by atomic mass is 10.2. The Morgan fingerprint density at radius 3 is 2.24 bits per heavy atom. The summed E-state index contributed by atoms with van der Waals surface area (Å²) in [6.07, 6.45) is 1.34. The Hall–Kier alpha value is -1.33. The van der Waals surface area contributed by atoms with Gasteiger partial charge in [-0.05, 0) is 24.3 Å². The number of hydrogen-bond acceptors (Lipinski definition) is 2. The molecular formula is C13H8Cl4N3O+. The molecule has 2 rings (SSSR count). The number of nitrogens with zero attached hydrogens (tertiary/aromatic N) is 1. The summed E-state index contributed by atoms with van der Waals surface area (Å²) in [5.41, 5.74) is 6.42. The minimum Gasteiger partial charge on any atom is -0.286 e. The van der Waals surface area contributed by atoms with Crippen molar-refractivity contribution in [3.63, 3.8) is 0 Å². The molecule has 0 radical (unpaired) electrons. The lowest BCUT2D eigenvalue weighted by Crippen LogP contribution is -2.79. The molecule has 8 heteroatoms. The molecule has 0 aliphatic carbocycles. The molecule has 0 aliphatic heterocycles. The van der Waals surface area contributed by atoms with Crippen LogP contribution in [0, 0.1) is 0 Å². The first-order valence-corrected chi connectivity index (χ1v) is 7.09.